The zero-order valence-electron chi connectivity index (χ0n) is 34.2. The fraction of sp³-hybridized carbons (Fsp3) is 0.455. The molecule has 3 fully saturated rings. The number of carbonyl (C=O) groups is 4. The number of aromatic nitrogens is 4. The molecule has 4 N–H and O–H groups in total. The van der Waals surface area contributed by atoms with Gasteiger partial charge in [-0.1, -0.05) is 69.6 Å². The van der Waals surface area contributed by atoms with Gasteiger partial charge < -0.3 is 39.9 Å². The molecule has 59 heavy (non-hydrogen) atoms. The minimum atomic E-state index is -0.713. The van der Waals surface area contributed by atoms with Gasteiger partial charge in [-0.15, -0.1) is 0 Å². The van der Waals surface area contributed by atoms with Crippen LogP contribution in [-0.2, 0) is 19.1 Å². The summed E-state index contributed by atoms with van der Waals surface area (Å²) in [7, 11) is 2.59. The van der Waals surface area contributed by atoms with E-state index in [-0.39, 0.29) is 47.7 Å². The lowest BCUT2D eigenvalue weighted by atomic mass is 9.95. The summed E-state index contributed by atoms with van der Waals surface area (Å²) in [5, 5.41) is 8.03. The summed E-state index contributed by atoms with van der Waals surface area (Å²) in [6.45, 7) is 8.20. The van der Waals surface area contributed by atoms with Crippen molar-refractivity contribution >= 4 is 57.4 Å². The van der Waals surface area contributed by atoms with Gasteiger partial charge in [0, 0.05) is 23.5 Å². The number of likely N-dealkylation sites (tertiary alicyclic amines) is 2. The number of hydrogen-bond donors (Lipinski definition) is 4. The molecule has 2 aliphatic heterocycles. The molecule has 0 spiro atoms. The second kappa shape index (κ2) is 16.2. The average Bonchev–Trinajstić information content (AvgIpc) is 4.08. The molecule has 0 radical (unpaired) electrons. The fourth-order valence-electron chi connectivity index (χ4n) is 9.41. The number of amides is 4. The number of nitrogens with one attached hydrogen (secondary N) is 4. The molecular formula is C44H51ClN8O6. The molecule has 14 nitrogen and oxygen atoms in total. The Balaban J connectivity index is 1.02. The van der Waals surface area contributed by atoms with Crippen molar-refractivity contribution in [2.24, 2.45) is 17.8 Å². The molecule has 3 aromatic carbocycles. The molecule has 5 aromatic rings. The normalized spacial score (nSPS) is 21.1. The maximum atomic E-state index is 14.1. The molecule has 2 saturated heterocycles. The van der Waals surface area contributed by atoms with Crippen molar-refractivity contribution in [1.29, 1.82) is 0 Å². The third-order valence-electron chi connectivity index (χ3n) is 12.4. The smallest absolute Gasteiger partial charge is 0.407 e. The lowest BCUT2D eigenvalue weighted by molar-refractivity contribution is -0.139. The monoisotopic (exact) mass is 822 g/mol. The number of nitrogens with zero attached hydrogens (tertiary/aromatic N) is 4. The summed E-state index contributed by atoms with van der Waals surface area (Å²) < 4.78 is 9.61. The van der Waals surface area contributed by atoms with Crippen LogP contribution in [0.5, 0.6) is 0 Å². The van der Waals surface area contributed by atoms with Crippen LogP contribution in [0.2, 0.25) is 5.02 Å². The van der Waals surface area contributed by atoms with E-state index in [1.807, 2.05) is 56.9 Å². The summed E-state index contributed by atoms with van der Waals surface area (Å²) in [6.07, 6.45) is 4.94. The van der Waals surface area contributed by atoms with Crippen LogP contribution < -0.4 is 10.6 Å². The van der Waals surface area contributed by atoms with Gasteiger partial charge in [0.05, 0.1) is 54.3 Å². The molecule has 2 aromatic heterocycles. The Morgan fingerprint density at radius 1 is 0.831 bits per heavy atom. The van der Waals surface area contributed by atoms with Gasteiger partial charge in [0.1, 0.15) is 23.7 Å². The number of fused-ring (bicyclic) bond motifs is 5. The molecule has 8 rings (SSSR count). The number of methoxy groups -OCH3 is 2. The van der Waals surface area contributed by atoms with Crippen molar-refractivity contribution in [3.63, 3.8) is 0 Å². The summed E-state index contributed by atoms with van der Waals surface area (Å²) in [5.74, 6) is 1.22. The Kier molecular flexibility index (Phi) is 11.0. The van der Waals surface area contributed by atoms with Crippen LogP contribution >= 0.6 is 11.6 Å². The Hall–Kier alpha value is -5.63. The number of halogens is 1. The van der Waals surface area contributed by atoms with Crippen molar-refractivity contribution in [1.82, 2.24) is 40.4 Å². The lowest BCUT2D eigenvalue weighted by Gasteiger charge is -2.37. The maximum absolute atomic E-state index is 14.1. The first-order valence-corrected chi connectivity index (χ1v) is 20.8. The van der Waals surface area contributed by atoms with E-state index >= 15 is 0 Å². The number of imidazole rings is 2. The van der Waals surface area contributed by atoms with Gasteiger partial charge in [0.15, 0.2) is 0 Å². The molecular weight excluding hydrogens is 772 g/mol. The number of piperidine rings is 1. The minimum Gasteiger partial charge on any atom is -0.453 e. The van der Waals surface area contributed by atoms with Gasteiger partial charge in [-0.2, -0.15) is 0 Å². The lowest BCUT2D eigenvalue weighted by Crippen LogP contribution is -2.54. The number of alkyl carbamates (subject to hydrolysis) is 2. The highest BCUT2D eigenvalue weighted by atomic mass is 35.5. The van der Waals surface area contributed by atoms with E-state index in [2.05, 4.69) is 49.9 Å². The predicted molar refractivity (Wildman–Crippen MR) is 224 cm³/mol. The van der Waals surface area contributed by atoms with E-state index in [1.165, 1.54) is 14.2 Å². The van der Waals surface area contributed by atoms with Crippen LogP contribution in [0, 0.1) is 17.8 Å². The Morgan fingerprint density at radius 2 is 1.53 bits per heavy atom. The topological polar surface area (TPSA) is 175 Å². The van der Waals surface area contributed by atoms with Gasteiger partial charge in [-0.05, 0) is 84.6 Å². The SMILES string of the molecule is COC(=O)N[C@H](C(=O)N1CCC[C@H]1c1ncc(-c2ccc(-c3ccc4c(ccc5[nH]c(C6[C@H]7CC[C@H](C7)N6C(=O)[C@@H](NC(=O)OC)C(C)C)nc54)c3)cc2Cl)[nH]1)C(C)C. The zero-order chi connectivity index (χ0) is 41.7. The van der Waals surface area contributed by atoms with Crippen LogP contribution in [0.15, 0.2) is 54.7 Å². The highest BCUT2D eigenvalue weighted by Crippen LogP contribution is 2.50. The molecule has 310 valence electrons. The van der Waals surface area contributed by atoms with E-state index in [4.69, 9.17) is 26.1 Å². The summed E-state index contributed by atoms with van der Waals surface area (Å²) in [6, 6.07) is 14.6. The molecule has 6 atom stereocenters. The Morgan fingerprint density at radius 3 is 2.22 bits per heavy atom. The molecule has 1 aliphatic carbocycles. The van der Waals surface area contributed by atoms with Crippen molar-refractivity contribution in [2.75, 3.05) is 20.8 Å². The predicted octanol–water partition coefficient (Wildman–Crippen LogP) is 7.90. The summed E-state index contributed by atoms with van der Waals surface area (Å²) in [5.41, 5.74) is 5.22. The second-order valence-corrected chi connectivity index (χ2v) is 17.1. The molecule has 1 saturated carbocycles. The van der Waals surface area contributed by atoms with Crippen molar-refractivity contribution < 1.29 is 28.7 Å². The number of ether oxygens (including phenoxy) is 2. The minimum absolute atomic E-state index is 0.103. The molecule has 4 amide bonds. The largest absolute Gasteiger partial charge is 0.453 e. The maximum Gasteiger partial charge on any atom is 0.407 e. The third kappa shape index (κ3) is 7.47. The van der Waals surface area contributed by atoms with Crippen molar-refractivity contribution in [3.05, 3.63) is 71.4 Å². The van der Waals surface area contributed by atoms with E-state index in [0.717, 1.165) is 82.1 Å². The third-order valence-corrected chi connectivity index (χ3v) is 12.7. The first kappa shape index (κ1) is 40.2. The summed E-state index contributed by atoms with van der Waals surface area (Å²) >= 11 is 6.96. The molecule has 4 heterocycles. The van der Waals surface area contributed by atoms with E-state index in [1.54, 1.807) is 11.1 Å². The highest BCUT2D eigenvalue weighted by molar-refractivity contribution is 6.33. The van der Waals surface area contributed by atoms with E-state index in [0.29, 0.717) is 17.4 Å². The van der Waals surface area contributed by atoms with Gasteiger partial charge >= 0.3 is 12.2 Å². The van der Waals surface area contributed by atoms with Gasteiger partial charge in [-0.3, -0.25) is 9.59 Å². The summed E-state index contributed by atoms with van der Waals surface area (Å²) in [4.78, 5) is 72.4. The average molecular weight is 823 g/mol. The first-order chi connectivity index (χ1) is 28.4. The standard InChI is InChI=1S/C44H51ClN8O6/c1-22(2)35(50-43(56)58-5)41(54)52-17-7-8-34(52)39-46-21-33(48-39)30-15-11-25(20-31(30)45)24-10-14-29-26(18-24)12-16-32-37(29)49-40(47-32)38-27-9-13-28(19-27)53(38)42(55)36(23(3)4)51-44(57)59-6/h10-12,14-16,18,20-23,27-28,34-36,38H,7-9,13,17,19H2,1-6H3,(H,46,48)(H,47,49)(H,50,56)(H,51,57)/t27-,28+,34-,35-,36-,38?/m0/s1. The van der Waals surface area contributed by atoms with Gasteiger partial charge in [-0.25, -0.2) is 19.6 Å². The van der Waals surface area contributed by atoms with Crippen LogP contribution in [-0.4, -0.2) is 92.6 Å². The molecule has 3 aliphatic rings. The number of aromatic amines is 2. The number of benzene rings is 3. The highest BCUT2D eigenvalue weighted by Gasteiger charge is 2.51. The number of rotatable bonds is 10. The van der Waals surface area contributed by atoms with Crippen molar-refractivity contribution in [2.45, 2.75) is 90.0 Å². The molecule has 2 bridgehead atoms. The van der Waals surface area contributed by atoms with Crippen LogP contribution in [0.4, 0.5) is 9.59 Å². The first-order valence-electron chi connectivity index (χ1n) is 20.5. The molecule has 1 unspecified atom stereocenters. The van der Waals surface area contributed by atoms with E-state index < -0.39 is 24.3 Å². The Bertz CT molecular complexity index is 2430. The number of hydrogen-bond acceptors (Lipinski definition) is 8. The van der Waals surface area contributed by atoms with Gasteiger partial charge in [0.25, 0.3) is 0 Å². The van der Waals surface area contributed by atoms with Crippen LogP contribution in [0.3, 0.4) is 0 Å². The quantitative estimate of drug-likeness (QED) is 0.110. The van der Waals surface area contributed by atoms with Crippen LogP contribution in [0.25, 0.3) is 44.2 Å². The number of H-pyrrole nitrogens is 2. The second-order valence-electron chi connectivity index (χ2n) is 16.7. The number of carbonyl (C=O) groups excluding carboxylic acids is 4. The zero-order valence-corrected chi connectivity index (χ0v) is 34.9. The van der Waals surface area contributed by atoms with Crippen molar-refractivity contribution in [3.8, 4) is 22.4 Å². The van der Waals surface area contributed by atoms with Gasteiger partial charge in [0.2, 0.25) is 11.8 Å². The molecule has 15 heteroatoms. The van der Waals surface area contributed by atoms with E-state index in [9.17, 15) is 19.2 Å². The van der Waals surface area contributed by atoms with Crippen LogP contribution in [0.1, 0.15) is 83.5 Å². The fourth-order valence-corrected chi connectivity index (χ4v) is 9.69. The Labute approximate surface area is 347 Å².